The van der Waals surface area contributed by atoms with Crippen molar-refractivity contribution in [1.29, 1.82) is 0 Å². The van der Waals surface area contributed by atoms with Crippen LogP contribution < -0.4 is 0 Å². The summed E-state index contributed by atoms with van der Waals surface area (Å²) >= 11 is 3.60. The zero-order valence-corrected chi connectivity index (χ0v) is 17.1. The molecule has 0 fully saturated rings. The number of aromatic nitrogens is 2. The number of fused-ring (bicyclic) bond motifs is 2. The average Bonchev–Trinajstić information content (AvgIpc) is 3.19. The number of aryl methyl sites for hydroxylation is 4. The van der Waals surface area contributed by atoms with E-state index < -0.39 is 0 Å². The smallest absolute Gasteiger partial charge is 0.0907 e. The third kappa shape index (κ3) is 3.81. The van der Waals surface area contributed by atoms with Gasteiger partial charge < -0.3 is 0 Å². The summed E-state index contributed by atoms with van der Waals surface area (Å²) in [6, 6.07) is 13.2. The first-order chi connectivity index (χ1) is 12.7. The minimum atomic E-state index is 1.14. The predicted molar refractivity (Wildman–Crippen MR) is 115 cm³/mol. The quantitative estimate of drug-likeness (QED) is 0.327. The molecule has 0 aliphatic rings. The molecule has 0 saturated heterocycles. The van der Waals surface area contributed by atoms with E-state index in [9.17, 15) is 0 Å². The number of hydrogen-bond donors (Lipinski definition) is 0. The molecule has 4 aromatic rings. The van der Waals surface area contributed by atoms with Gasteiger partial charge in [-0.05, 0) is 62.8 Å². The Morgan fingerprint density at radius 3 is 1.58 bits per heavy atom. The number of unbranched alkanes of at least 4 members (excludes halogenated alkanes) is 3. The second-order valence-corrected chi connectivity index (χ2v) is 9.38. The summed E-state index contributed by atoms with van der Waals surface area (Å²) in [5.41, 5.74) is 5.27. The van der Waals surface area contributed by atoms with Crippen LogP contribution in [0.4, 0.5) is 0 Å². The number of thiazole rings is 2. The highest BCUT2D eigenvalue weighted by Gasteiger charge is 2.07. The zero-order valence-electron chi connectivity index (χ0n) is 15.4. The van der Waals surface area contributed by atoms with Gasteiger partial charge in [0.1, 0.15) is 0 Å². The van der Waals surface area contributed by atoms with Crippen molar-refractivity contribution in [3.63, 3.8) is 0 Å². The van der Waals surface area contributed by atoms with E-state index in [2.05, 4.69) is 50.2 Å². The second kappa shape index (κ2) is 7.85. The van der Waals surface area contributed by atoms with Crippen molar-refractivity contribution in [3.05, 3.63) is 57.5 Å². The van der Waals surface area contributed by atoms with Gasteiger partial charge in [-0.15, -0.1) is 22.7 Å². The zero-order chi connectivity index (χ0) is 17.9. The predicted octanol–water partition coefficient (Wildman–Crippen LogP) is 6.87. The summed E-state index contributed by atoms with van der Waals surface area (Å²) in [4.78, 5) is 9.42. The van der Waals surface area contributed by atoms with Crippen LogP contribution in [0.1, 0.15) is 46.8 Å². The van der Waals surface area contributed by atoms with Gasteiger partial charge in [-0.25, -0.2) is 9.97 Å². The summed E-state index contributed by atoms with van der Waals surface area (Å²) in [6.07, 6.45) is 7.34. The summed E-state index contributed by atoms with van der Waals surface area (Å²) in [5.74, 6) is 0. The molecule has 4 rings (SSSR count). The molecule has 134 valence electrons. The van der Waals surface area contributed by atoms with Crippen molar-refractivity contribution < 1.29 is 0 Å². The van der Waals surface area contributed by atoms with E-state index in [1.807, 2.05) is 0 Å². The van der Waals surface area contributed by atoms with Gasteiger partial charge in [0.05, 0.1) is 30.4 Å². The molecule has 2 nitrogen and oxygen atoms in total. The highest BCUT2D eigenvalue weighted by Crippen LogP contribution is 2.27. The van der Waals surface area contributed by atoms with Gasteiger partial charge in [-0.3, -0.25) is 0 Å². The van der Waals surface area contributed by atoms with Crippen molar-refractivity contribution in [2.75, 3.05) is 0 Å². The molecular formula is C22H24N2S2. The van der Waals surface area contributed by atoms with Crippen LogP contribution in [0, 0.1) is 13.8 Å². The summed E-state index contributed by atoms with van der Waals surface area (Å²) in [5, 5.41) is 2.33. The normalized spacial score (nSPS) is 11.6. The molecule has 0 bridgehead atoms. The van der Waals surface area contributed by atoms with E-state index in [-0.39, 0.29) is 0 Å². The molecule has 0 radical (unpaired) electrons. The van der Waals surface area contributed by atoms with Gasteiger partial charge >= 0.3 is 0 Å². The third-order valence-corrected chi connectivity index (χ3v) is 6.73. The fraction of sp³-hybridized carbons (Fsp3) is 0.364. The molecule has 4 heteroatoms. The molecular weight excluding hydrogens is 356 g/mol. The van der Waals surface area contributed by atoms with Gasteiger partial charge in [0.25, 0.3) is 0 Å². The lowest BCUT2D eigenvalue weighted by molar-refractivity contribution is 0.642. The maximum Gasteiger partial charge on any atom is 0.0907 e. The molecule has 0 aliphatic carbocycles. The van der Waals surface area contributed by atoms with E-state index in [4.69, 9.17) is 9.97 Å². The Kier molecular flexibility index (Phi) is 5.32. The molecule has 0 spiro atoms. The van der Waals surface area contributed by atoms with Crippen LogP contribution in [0.5, 0.6) is 0 Å². The van der Waals surface area contributed by atoms with Crippen molar-refractivity contribution in [3.8, 4) is 0 Å². The summed E-state index contributed by atoms with van der Waals surface area (Å²) in [6.45, 7) is 4.19. The van der Waals surface area contributed by atoms with Crippen LogP contribution in [0.25, 0.3) is 20.4 Å². The Morgan fingerprint density at radius 2 is 1.12 bits per heavy atom. The molecule has 26 heavy (non-hydrogen) atoms. The minimum Gasteiger partial charge on any atom is -0.241 e. The number of benzene rings is 2. The van der Waals surface area contributed by atoms with Gasteiger partial charge in [0, 0.05) is 0 Å². The van der Waals surface area contributed by atoms with E-state index in [1.54, 1.807) is 22.7 Å². The fourth-order valence-corrected chi connectivity index (χ4v) is 5.37. The van der Waals surface area contributed by atoms with Crippen molar-refractivity contribution in [2.45, 2.75) is 52.4 Å². The lowest BCUT2D eigenvalue weighted by Gasteiger charge is -2.04. The summed E-state index contributed by atoms with van der Waals surface area (Å²) in [7, 11) is 0. The van der Waals surface area contributed by atoms with Gasteiger partial charge in [0.2, 0.25) is 0 Å². The Morgan fingerprint density at radius 1 is 0.654 bits per heavy atom. The van der Waals surface area contributed by atoms with E-state index >= 15 is 0 Å². The Hall–Kier alpha value is -1.78. The molecule has 0 aliphatic heterocycles. The minimum absolute atomic E-state index is 1.14. The molecule has 0 amide bonds. The lowest BCUT2D eigenvalue weighted by atomic mass is 10.0. The number of hydrogen-bond acceptors (Lipinski definition) is 4. The van der Waals surface area contributed by atoms with Crippen molar-refractivity contribution in [2.24, 2.45) is 0 Å². The topological polar surface area (TPSA) is 25.8 Å². The second-order valence-electron chi connectivity index (χ2n) is 6.91. The molecule has 0 N–H and O–H groups in total. The first-order valence-electron chi connectivity index (χ1n) is 9.41. The van der Waals surface area contributed by atoms with Crippen molar-refractivity contribution in [1.82, 2.24) is 9.97 Å². The SMILES string of the molecule is Cc1nc2c(CCCCCCc3cccc4sc(C)nc34)cccc2s1. The van der Waals surface area contributed by atoms with Crippen LogP contribution in [-0.4, -0.2) is 9.97 Å². The van der Waals surface area contributed by atoms with Gasteiger partial charge in [-0.1, -0.05) is 37.1 Å². The maximum atomic E-state index is 4.71. The first-order valence-corrected chi connectivity index (χ1v) is 11.0. The van der Waals surface area contributed by atoms with Crippen LogP contribution >= 0.6 is 22.7 Å². The van der Waals surface area contributed by atoms with Crippen LogP contribution in [0.2, 0.25) is 0 Å². The number of para-hydroxylation sites is 2. The van der Waals surface area contributed by atoms with Crippen molar-refractivity contribution >= 4 is 43.1 Å². The van der Waals surface area contributed by atoms with Gasteiger partial charge in [0.15, 0.2) is 0 Å². The Balaban J connectivity index is 1.27. The highest BCUT2D eigenvalue weighted by molar-refractivity contribution is 7.18. The maximum absolute atomic E-state index is 4.71. The summed E-state index contributed by atoms with van der Waals surface area (Å²) < 4.78 is 2.65. The van der Waals surface area contributed by atoms with E-state index in [1.165, 1.54) is 67.3 Å². The van der Waals surface area contributed by atoms with E-state index in [0.29, 0.717) is 0 Å². The molecule has 0 atom stereocenters. The highest BCUT2D eigenvalue weighted by atomic mass is 32.1. The molecule has 2 aromatic carbocycles. The van der Waals surface area contributed by atoms with Crippen LogP contribution in [0.3, 0.4) is 0 Å². The third-order valence-electron chi connectivity index (χ3n) is 4.86. The van der Waals surface area contributed by atoms with E-state index in [0.717, 1.165) is 12.8 Å². The molecule has 2 aromatic heterocycles. The molecule has 2 heterocycles. The lowest BCUT2D eigenvalue weighted by Crippen LogP contribution is -1.90. The van der Waals surface area contributed by atoms with Gasteiger partial charge in [-0.2, -0.15) is 0 Å². The first kappa shape index (κ1) is 17.6. The Labute approximate surface area is 162 Å². The molecule has 0 saturated carbocycles. The number of rotatable bonds is 7. The van der Waals surface area contributed by atoms with Crippen LogP contribution in [0.15, 0.2) is 36.4 Å². The number of nitrogens with zero attached hydrogens (tertiary/aromatic N) is 2. The average molecular weight is 381 g/mol. The van der Waals surface area contributed by atoms with Crippen LogP contribution in [-0.2, 0) is 12.8 Å². The fourth-order valence-electron chi connectivity index (χ4n) is 3.62. The molecule has 0 unspecified atom stereocenters. The Bertz CT molecular complexity index is 945. The largest absolute Gasteiger partial charge is 0.241 e. The monoisotopic (exact) mass is 380 g/mol. The standard InChI is InChI=1S/C22H24N2S2/c1-15-23-21-17(11-7-13-19(21)25-15)9-5-3-4-6-10-18-12-8-14-20-22(18)24-16(2)26-20/h7-8,11-14H,3-6,9-10H2,1-2H3.